The van der Waals surface area contributed by atoms with Crippen molar-refractivity contribution in [3.63, 3.8) is 0 Å². The number of nitrogens with one attached hydrogen (secondary N) is 1. The summed E-state index contributed by atoms with van der Waals surface area (Å²) in [5.74, 6) is -6.28. The van der Waals surface area contributed by atoms with Gasteiger partial charge >= 0.3 is 12.3 Å². The lowest BCUT2D eigenvalue weighted by Gasteiger charge is -2.48. The number of nitrogens with zero attached hydrogens (tertiary/aromatic N) is 1. The molecular weight excluding hydrogens is 418 g/mol. The first-order valence-corrected chi connectivity index (χ1v) is 9.37. The van der Waals surface area contributed by atoms with Gasteiger partial charge in [-0.2, -0.15) is 13.2 Å². The number of carbonyl (C=O) groups excluding carboxylic acids is 2. The maximum absolute atomic E-state index is 14.5. The van der Waals surface area contributed by atoms with E-state index < -0.39 is 53.0 Å². The van der Waals surface area contributed by atoms with Gasteiger partial charge in [0, 0.05) is 36.9 Å². The Labute approximate surface area is 167 Å². The van der Waals surface area contributed by atoms with Crippen LogP contribution in [0.1, 0.15) is 30.4 Å². The number of rotatable bonds is 4. The van der Waals surface area contributed by atoms with E-state index in [0.29, 0.717) is 25.0 Å². The number of amides is 2. The van der Waals surface area contributed by atoms with Crippen LogP contribution in [0.4, 0.5) is 31.1 Å². The molecule has 1 saturated carbocycles. The molecule has 2 saturated heterocycles. The Morgan fingerprint density at radius 3 is 2.43 bits per heavy atom. The lowest BCUT2D eigenvalue weighted by molar-refractivity contribution is -0.151. The minimum atomic E-state index is -5.07. The molecule has 3 fully saturated rings. The van der Waals surface area contributed by atoms with Gasteiger partial charge in [0.1, 0.15) is 12.4 Å². The fourth-order valence-electron chi connectivity index (χ4n) is 4.36. The summed E-state index contributed by atoms with van der Waals surface area (Å²) in [6.07, 6.45) is -5.49. The van der Waals surface area contributed by atoms with Crippen molar-refractivity contribution in [1.82, 2.24) is 10.2 Å². The van der Waals surface area contributed by atoms with E-state index in [4.69, 9.17) is 4.74 Å². The maximum atomic E-state index is 14.5. The molecule has 0 bridgehead atoms. The van der Waals surface area contributed by atoms with Gasteiger partial charge in [-0.1, -0.05) is 6.07 Å². The fraction of sp³-hybridized carbons (Fsp3) is 0.579. The van der Waals surface area contributed by atoms with Crippen LogP contribution in [-0.2, 0) is 21.6 Å². The van der Waals surface area contributed by atoms with Gasteiger partial charge in [0.05, 0.1) is 11.1 Å². The standard InChI is InChI=1S/C19H18F6N2O3/c20-14-2-1-12(3-13(14)19(23,24)25)18(21,22)4-10-7-27(8-10)15(28)11-5-17(6-11)9-30-16(29)26-17/h1-3,10-11H,4-9H2,(H,26,29)/t11-,17+. The molecule has 2 aliphatic heterocycles. The molecule has 1 spiro atoms. The van der Waals surface area contributed by atoms with Crippen molar-refractivity contribution in [2.45, 2.75) is 36.9 Å². The third-order valence-electron chi connectivity index (χ3n) is 5.98. The zero-order valence-electron chi connectivity index (χ0n) is 15.6. The molecular formula is C19H18F6N2O3. The van der Waals surface area contributed by atoms with E-state index in [1.54, 1.807) is 0 Å². The van der Waals surface area contributed by atoms with Gasteiger partial charge in [-0.25, -0.2) is 18.0 Å². The molecule has 2 amide bonds. The third-order valence-corrected chi connectivity index (χ3v) is 5.98. The van der Waals surface area contributed by atoms with Crippen molar-refractivity contribution in [1.29, 1.82) is 0 Å². The Balaban J connectivity index is 1.31. The number of benzene rings is 1. The summed E-state index contributed by atoms with van der Waals surface area (Å²) >= 11 is 0. The number of ether oxygens (including phenoxy) is 1. The lowest BCUT2D eigenvalue weighted by Crippen LogP contribution is -2.61. The highest BCUT2D eigenvalue weighted by Gasteiger charge is 2.54. The maximum Gasteiger partial charge on any atom is 0.419 e. The topological polar surface area (TPSA) is 58.6 Å². The van der Waals surface area contributed by atoms with Gasteiger partial charge in [0.2, 0.25) is 5.91 Å². The molecule has 0 radical (unpaired) electrons. The van der Waals surface area contributed by atoms with E-state index in [9.17, 15) is 35.9 Å². The molecule has 5 nitrogen and oxygen atoms in total. The van der Waals surface area contributed by atoms with Gasteiger partial charge in [-0.3, -0.25) is 4.79 Å². The second-order valence-electron chi connectivity index (χ2n) is 8.30. The highest BCUT2D eigenvalue weighted by molar-refractivity contribution is 5.82. The summed E-state index contributed by atoms with van der Waals surface area (Å²) in [6.45, 7) is 0.351. The molecule has 4 rings (SSSR count). The Morgan fingerprint density at radius 2 is 1.87 bits per heavy atom. The quantitative estimate of drug-likeness (QED) is 0.733. The first kappa shape index (κ1) is 20.8. The van der Waals surface area contributed by atoms with Crippen molar-refractivity contribution in [3.8, 4) is 0 Å². The van der Waals surface area contributed by atoms with Crippen LogP contribution in [0.2, 0.25) is 0 Å². The molecule has 11 heteroatoms. The molecule has 0 aromatic heterocycles. The zero-order chi connectivity index (χ0) is 21.9. The summed E-state index contributed by atoms with van der Waals surface area (Å²) < 4.78 is 85.5. The van der Waals surface area contributed by atoms with Gasteiger partial charge in [-0.15, -0.1) is 0 Å². The number of halogens is 6. The van der Waals surface area contributed by atoms with Crippen LogP contribution in [0.25, 0.3) is 0 Å². The van der Waals surface area contributed by atoms with Gasteiger partial charge < -0.3 is 15.0 Å². The average Bonchev–Trinajstić information content (AvgIpc) is 2.97. The van der Waals surface area contributed by atoms with Gasteiger partial charge in [-0.05, 0) is 25.0 Å². The van der Waals surface area contributed by atoms with E-state index >= 15 is 0 Å². The van der Waals surface area contributed by atoms with Crippen LogP contribution in [0.5, 0.6) is 0 Å². The second-order valence-corrected chi connectivity index (χ2v) is 8.30. The third kappa shape index (κ3) is 3.69. The van der Waals surface area contributed by atoms with Gasteiger partial charge in [0.15, 0.2) is 0 Å². The SMILES string of the molecule is O=C1N[C@]2(CO1)C[C@H](C(=O)N1CC(CC(F)(F)c3ccc(F)c(C(F)(F)F)c3)C1)C2. The molecule has 0 unspecified atom stereocenters. The van der Waals surface area contributed by atoms with E-state index in [2.05, 4.69) is 5.32 Å². The van der Waals surface area contributed by atoms with Crippen molar-refractivity contribution in [3.05, 3.63) is 35.1 Å². The van der Waals surface area contributed by atoms with Crippen molar-refractivity contribution in [2.75, 3.05) is 19.7 Å². The molecule has 30 heavy (non-hydrogen) atoms. The highest BCUT2D eigenvalue weighted by Crippen LogP contribution is 2.44. The summed E-state index contributed by atoms with van der Waals surface area (Å²) in [4.78, 5) is 25.0. The number of cyclic esters (lactones) is 1. The number of carbonyl (C=O) groups is 2. The van der Waals surface area contributed by atoms with Crippen LogP contribution >= 0.6 is 0 Å². The predicted octanol–water partition coefficient (Wildman–Crippen LogP) is 3.67. The Kier molecular flexibility index (Phi) is 4.70. The number of hydrogen-bond donors (Lipinski definition) is 1. The van der Waals surface area contributed by atoms with Crippen LogP contribution < -0.4 is 5.32 Å². The van der Waals surface area contributed by atoms with Crippen molar-refractivity contribution in [2.24, 2.45) is 11.8 Å². The van der Waals surface area contributed by atoms with E-state index in [-0.39, 0.29) is 37.6 Å². The predicted molar refractivity (Wildman–Crippen MR) is 89.9 cm³/mol. The second kappa shape index (κ2) is 6.78. The average molecular weight is 436 g/mol. The molecule has 3 aliphatic rings. The summed E-state index contributed by atoms with van der Waals surface area (Å²) in [5.41, 5.74) is -3.15. The molecule has 1 aliphatic carbocycles. The molecule has 0 atom stereocenters. The fourth-order valence-corrected chi connectivity index (χ4v) is 4.36. The van der Waals surface area contributed by atoms with Crippen LogP contribution in [0.3, 0.4) is 0 Å². The smallest absolute Gasteiger partial charge is 0.419 e. The molecule has 2 heterocycles. The van der Waals surface area contributed by atoms with E-state index in [0.717, 1.165) is 0 Å². The van der Waals surface area contributed by atoms with E-state index in [1.807, 2.05) is 0 Å². The number of alkyl carbamates (subject to hydrolysis) is 1. The Hall–Kier alpha value is -2.46. The summed E-state index contributed by atoms with van der Waals surface area (Å²) in [5, 5.41) is 2.67. The molecule has 164 valence electrons. The monoisotopic (exact) mass is 436 g/mol. The number of alkyl halides is 5. The van der Waals surface area contributed by atoms with Crippen molar-refractivity contribution < 1.29 is 40.7 Å². The van der Waals surface area contributed by atoms with Crippen molar-refractivity contribution >= 4 is 12.0 Å². The molecule has 1 aromatic rings. The zero-order valence-corrected chi connectivity index (χ0v) is 15.6. The minimum absolute atomic E-state index is 0.0775. The lowest BCUT2D eigenvalue weighted by atomic mass is 9.68. The van der Waals surface area contributed by atoms with Crippen LogP contribution in [-0.4, -0.2) is 42.1 Å². The normalized spacial score (nSPS) is 26.8. The van der Waals surface area contributed by atoms with Crippen LogP contribution in [0, 0.1) is 17.7 Å². The summed E-state index contributed by atoms with van der Waals surface area (Å²) in [7, 11) is 0. The van der Waals surface area contributed by atoms with Crippen LogP contribution in [0.15, 0.2) is 18.2 Å². The summed E-state index contributed by atoms with van der Waals surface area (Å²) in [6, 6.07) is 1.18. The Morgan fingerprint density at radius 1 is 1.20 bits per heavy atom. The first-order valence-electron chi connectivity index (χ1n) is 9.37. The minimum Gasteiger partial charge on any atom is -0.447 e. The van der Waals surface area contributed by atoms with E-state index in [1.165, 1.54) is 4.90 Å². The van der Waals surface area contributed by atoms with Gasteiger partial charge in [0.25, 0.3) is 5.92 Å². The highest BCUT2D eigenvalue weighted by atomic mass is 19.4. The largest absolute Gasteiger partial charge is 0.447 e. The first-order chi connectivity index (χ1) is 13.9. The molecule has 1 N–H and O–H groups in total. The Bertz CT molecular complexity index is 876. The molecule has 1 aromatic carbocycles. The number of hydrogen-bond acceptors (Lipinski definition) is 3. The number of likely N-dealkylation sites (tertiary alicyclic amines) is 1.